The van der Waals surface area contributed by atoms with Gasteiger partial charge in [0.2, 0.25) is 15.9 Å². The van der Waals surface area contributed by atoms with Gasteiger partial charge in [-0.2, -0.15) is 4.31 Å². The zero-order chi connectivity index (χ0) is 18.7. The Morgan fingerprint density at radius 2 is 1.78 bits per heavy atom. The summed E-state index contributed by atoms with van der Waals surface area (Å²) >= 11 is 0. The second-order valence-corrected chi connectivity index (χ2v) is 8.93. The molecule has 2 aliphatic rings. The van der Waals surface area contributed by atoms with Crippen LogP contribution in [0.4, 0.5) is 4.39 Å². The fraction of sp³-hybridized carbons (Fsp3) is 0.611. The van der Waals surface area contributed by atoms with Crippen LogP contribution in [0.5, 0.6) is 0 Å². The number of halogens is 2. The van der Waals surface area contributed by atoms with Crippen LogP contribution in [0.1, 0.15) is 32.1 Å². The number of likely N-dealkylation sites (tertiary alicyclic amines) is 1. The number of benzene rings is 1. The van der Waals surface area contributed by atoms with Crippen molar-refractivity contribution < 1.29 is 17.6 Å². The highest BCUT2D eigenvalue weighted by Gasteiger charge is 2.36. The average Bonchev–Trinajstić information content (AvgIpc) is 2.67. The molecule has 1 atom stereocenters. The summed E-state index contributed by atoms with van der Waals surface area (Å²) in [4.78, 5) is 14.4. The molecule has 0 aliphatic carbocycles. The molecule has 2 N–H and O–H groups in total. The van der Waals surface area contributed by atoms with Gasteiger partial charge < -0.3 is 10.6 Å². The summed E-state index contributed by atoms with van der Waals surface area (Å²) in [5.74, 6) is -0.845. The molecular weight excluding hydrogens is 393 g/mol. The van der Waals surface area contributed by atoms with E-state index < -0.39 is 15.8 Å². The Morgan fingerprint density at radius 1 is 1.11 bits per heavy atom. The molecule has 152 valence electrons. The predicted octanol–water partition coefficient (Wildman–Crippen LogP) is 1.99. The van der Waals surface area contributed by atoms with Gasteiger partial charge in [0.15, 0.2) is 0 Å². The first-order valence-electron chi connectivity index (χ1n) is 9.20. The summed E-state index contributed by atoms with van der Waals surface area (Å²) in [6.07, 6.45) is 3.93. The maximum absolute atomic E-state index is 13.9. The lowest BCUT2D eigenvalue weighted by Crippen LogP contribution is -2.51. The molecule has 1 aromatic carbocycles. The normalized spacial score (nSPS) is 22.3. The van der Waals surface area contributed by atoms with Gasteiger partial charge in [-0.15, -0.1) is 12.4 Å². The molecule has 27 heavy (non-hydrogen) atoms. The fourth-order valence-electron chi connectivity index (χ4n) is 3.91. The third-order valence-electron chi connectivity index (χ3n) is 5.44. The van der Waals surface area contributed by atoms with Crippen LogP contribution in [0.15, 0.2) is 29.2 Å². The van der Waals surface area contributed by atoms with E-state index in [2.05, 4.69) is 0 Å². The van der Waals surface area contributed by atoms with Crippen LogP contribution < -0.4 is 5.73 Å². The molecule has 1 aromatic rings. The molecule has 0 aromatic heterocycles. The first-order chi connectivity index (χ1) is 12.4. The molecule has 9 heteroatoms. The third-order valence-corrected chi connectivity index (χ3v) is 7.37. The van der Waals surface area contributed by atoms with Crippen LogP contribution in [0, 0.1) is 11.7 Å². The maximum Gasteiger partial charge on any atom is 0.245 e. The summed E-state index contributed by atoms with van der Waals surface area (Å²) < 4.78 is 40.5. The van der Waals surface area contributed by atoms with Crippen molar-refractivity contribution in [2.24, 2.45) is 11.7 Å². The molecule has 2 fully saturated rings. The Hall–Kier alpha value is -1.22. The summed E-state index contributed by atoms with van der Waals surface area (Å²) in [5, 5.41) is 0. The van der Waals surface area contributed by atoms with Gasteiger partial charge in [0.05, 0.1) is 0 Å². The van der Waals surface area contributed by atoms with Gasteiger partial charge >= 0.3 is 0 Å². The Balaban J connectivity index is 0.00000261. The first kappa shape index (κ1) is 22.1. The second-order valence-electron chi connectivity index (χ2n) is 7.03. The van der Waals surface area contributed by atoms with Crippen LogP contribution in [0.2, 0.25) is 0 Å². The minimum atomic E-state index is -3.87. The molecular formula is C18H27ClFN3O3S. The number of hydrogen-bond donors (Lipinski definition) is 1. The molecule has 0 bridgehead atoms. The van der Waals surface area contributed by atoms with Crippen LogP contribution >= 0.6 is 12.4 Å². The minimum absolute atomic E-state index is 0. The Labute approximate surface area is 166 Å². The molecule has 6 nitrogen and oxygen atoms in total. The third kappa shape index (κ3) is 4.62. The van der Waals surface area contributed by atoms with Gasteiger partial charge in [-0.05, 0) is 44.2 Å². The lowest BCUT2D eigenvalue weighted by Gasteiger charge is -2.39. The molecule has 3 rings (SSSR count). The summed E-state index contributed by atoms with van der Waals surface area (Å²) in [6, 6.07) is 5.49. The zero-order valence-corrected chi connectivity index (χ0v) is 16.9. The minimum Gasteiger partial charge on any atom is -0.338 e. The van der Waals surface area contributed by atoms with Gasteiger partial charge in [-0.3, -0.25) is 4.79 Å². The van der Waals surface area contributed by atoms with Gasteiger partial charge in [-0.1, -0.05) is 12.1 Å². The number of sulfonamides is 1. The molecule has 0 spiro atoms. The Kier molecular flexibility index (Phi) is 7.62. The topological polar surface area (TPSA) is 83.7 Å². The van der Waals surface area contributed by atoms with Crippen LogP contribution in [-0.2, 0) is 14.8 Å². The second kappa shape index (κ2) is 9.32. The van der Waals surface area contributed by atoms with E-state index in [9.17, 15) is 17.6 Å². The highest BCUT2D eigenvalue weighted by atomic mass is 35.5. The smallest absolute Gasteiger partial charge is 0.245 e. The molecule has 2 heterocycles. The number of piperidine rings is 2. The summed E-state index contributed by atoms with van der Waals surface area (Å²) in [5.41, 5.74) is 5.80. The molecule has 1 unspecified atom stereocenters. The average molecular weight is 420 g/mol. The van der Waals surface area contributed by atoms with E-state index in [0.29, 0.717) is 19.4 Å². The Morgan fingerprint density at radius 3 is 2.41 bits per heavy atom. The van der Waals surface area contributed by atoms with E-state index in [0.717, 1.165) is 31.9 Å². The lowest BCUT2D eigenvalue weighted by atomic mass is 9.93. The predicted molar refractivity (Wildman–Crippen MR) is 104 cm³/mol. The fourth-order valence-corrected chi connectivity index (χ4v) is 5.44. The van der Waals surface area contributed by atoms with E-state index in [1.54, 1.807) is 0 Å². The van der Waals surface area contributed by atoms with Crippen LogP contribution in [0.3, 0.4) is 0 Å². The number of carbonyl (C=O) groups excluding carboxylic acids is 1. The summed E-state index contributed by atoms with van der Waals surface area (Å²) in [7, 11) is -3.87. The van der Waals surface area contributed by atoms with Crippen LogP contribution in [-0.4, -0.2) is 55.8 Å². The number of carbonyl (C=O) groups is 1. The SMILES string of the molecule is Cl.NCC1CCCCN1C(=O)C1CCN(S(=O)(=O)c2ccccc2F)CC1. The van der Waals surface area contributed by atoms with Crippen molar-refractivity contribution in [3.63, 3.8) is 0 Å². The van der Waals surface area contributed by atoms with Crippen molar-refractivity contribution in [2.45, 2.75) is 43.0 Å². The van der Waals surface area contributed by atoms with Gasteiger partial charge in [0.1, 0.15) is 10.7 Å². The number of nitrogens with two attached hydrogens (primary N) is 1. The number of amides is 1. The van der Waals surface area contributed by atoms with Crippen molar-refractivity contribution in [3.8, 4) is 0 Å². The standard InChI is InChI=1S/C18H26FN3O3S.ClH/c19-16-6-1-2-7-17(16)26(24,25)21-11-8-14(9-12-21)18(23)22-10-4-3-5-15(22)13-20;/h1-2,6-7,14-15H,3-5,8-13,20H2;1H. The van der Waals surface area contributed by atoms with Crippen molar-refractivity contribution >= 4 is 28.3 Å². The van der Waals surface area contributed by atoms with Crippen molar-refractivity contribution in [1.82, 2.24) is 9.21 Å². The van der Waals surface area contributed by atoms with E-state index in [1.165, 1.54) is 22.5 Å². The summed E-state index contributed by atoms with van der Waals surface area (Å²) in [6.45, 7) is 1.66. The largest absolute Gasteiger partial charge is 0.338 e. The zero-order valence-electron chi connectivity index (χ0n) is 15.2. The number of rotatable bonds is 4. The van der Waals surface area contributed by atoms with Crippen molar-refractivity contribution in [2.75, 3.05) is 26.2 Å². The monoisotopic (exact) mass is 419 g/mol. The molecule has 2 saturated heterocycles. The molecule has 2 aliphatic heterocycles. The van der Waals surface area contributed by atoms with E-state index in [-0.39, 0.29) is 48.3 Å². The molecule has 0 radical (unpaired) electrons. The van der Waals surface area contributed by atoms with Gasteiger partial charge in [0, 0.05) is 38.1 Å². The Bertz CT molecular complexity index is 754. The van der Waals surface area contributed by atoms with Gasteiger partial charge in [-0.25, -0.2) is 12.8 Å². The van der Waals surface area contributed by atoms with E-state index in [1.807, 2.05) is 4.90 Å². The lowest BCUT2D eigenvalue weighted by molar-refractivity contribution is -0.140. The van der Waals surface area contributed by atoms with Crippen molar-refractivity contribution in [3.05, 3.63) is 30.1 Å². The molecule has 1 amide bonds. The van der Waals surface area contributed by atoms with Crippen molar-refractivity contribution in [1.29, 1.82) is 0 Å². The van der Waals surface area contributed by atoms with Gasteiger partial charge in [0.25, 0.3) is 0 Å². The van der Waals surface area contributed by atoms with E-state index >= 15 is 0 Å². The van der Waals surface area contributed by atoms with Crippen LogP contribution in [0.25, 0.3) is 0 Å². The van der Waals surface area contributed by atoms with E-state index in [4.69, 9.17) is 5.73 Å². The quantitative estimate of drug-likeness (QED) is 0.808. The first-order valence-corrected chi connectivity index (χ1v) is 10.6. The molecule has 0 saturated carbocycles. The highest BCUT2D eigenvalue weighted by Crippen LogP contribution is 2.28. The number of nitrogens with zero attached hydrogens (tertiary/aromatic N) is 2. The maximum atomic E-state index is 13.9. The number of hydrogen-bond acceptors (Lipinski definition) is 4. The highest BCUT2D eigenvalue weighted by molar-refractivity contribution is 7.89.